The van der Waals surface area contributed by atoms with Crippen molar-refractivity contribution < 1.29 is 24.9 Å². The van der Waals surface area contributed by atoms with Gasteiger partial charge in [0.2, 0.25) is 11.8 Å². The summed E-state index contributed by atoms with van der Waals surface area (Å²) in [5, 5.41) is 33.2. The number of aliphatic hydroxyl groups excluding tert-OH is 2. The van der Waals surface area contributed by atoms with Crippen molar-refractivity contribution in [3.8, 4) is 5.75 Å². The Bertz CT molecular complexity index is 1140. The molecular formula is C28H33NO5S. The average molecular weight is 496 g/mol. The van der Waals surface area contributed by atoms with Gasteiger partial charge >= 0.3 is 0 Å². The molecule has 2 aliphatic rings. The number of fused-ring (bicyclic) bond motifs is 1. The zero-order valence-electron chi connectivity index (χ0n) is 20.2. The highest BCUT2D eigenvalue weighted by Gasteiger charge is 2.54. The highest BCUT2D eigenvalue weighted by Crippen LogP contribution is 2.46. The lowest BCUT2D eigenvalue weighted by molar-refractivity contribution is -0.140. The van der Waals surface area contributed by atoms with Crippen LogP contribution in [0.3, 0.4) is 0 Å². The van der Waals surface area contributed by atoms with E-state index in [1.165, 1.54) is 16.2 Å². The lowest BCUT2D eigenvalue weighted by Gasteiger charge is -2.35. The van der Waals surface area contributed by atoms with Crippen LogP contribution >= 0.6 is 11.3 Å². The van der Waals surface area contributed by atoms with Crippen molar-refractivity contribution in [2.24, 2.45) is 17.8 Å². The van der Waals surface area contributed by atoms with Crippen LogP contribution in [-0.4, -0.2) is 44.7 Å². The summed E-state index contributed by atoms with van der Waals surface area (Å²) in [6, 6.07) is 10.9. The zero-order valence-corrected chi connectivity index (χ0v) is 21.0. The predicted molar refractivity (Wildman–Crippen MR) is 136 cm³/mol. The molecule has 1 fully saturated rings. The third kappa shape index (κ3) is 5.27. The minimum Gasteiger partial charge on any atom is -0.508 e. The number of likely N-dealkylation sites (tertiary alicyclic amines) is 1. The standard InChI is InChI=1S/C28H33NO5S/c1-3-18(13-19-6-4-7-20(31)14-19)9-10-24(32)25-17(2)12-22-26(23(25)16-30)28(34)29(27(22)33)15-21-8-5-11-35-21/h4-8,11,13-14,22-24,26,30-32H,3,9-10,12,15-16H2,1-2H3/b18-13+/t22-,23+,24-,26-/m1/s1. The topological polar surface area (TPSA) is 98.1 Å². The van der Waals surface area contributed by atoms with Crippen LogP contribution in [0.15, 0.2) is 58.5 Å². The molecule has 0 radical (unpaired) electrons. The van der Waals surface area contributed by atoms with Crippen LogP contribution in [0.2, 0.25) is 0 Å². The van der Waals surface area contributed by atoms with Crippen molar-refractivity contribution in [2.45, 2.75) is 52.2 Å². The van der Waals surface area contributed by atoms with Crippen molar-refractivity contribution in [3.05, 3.63) is 68.9 Å². The summed E-state index contributed by atoms with van der Waals surface area (Å²) >= 11 is 1.51. The number of benzene rings is 1. The highest BCUT2D eigenvalue weighted by molar-refractivity contribution is 7.09. The monoisotopic (exact) mass is 495 g/mol. The second kappa shape index (κ2) is 10.9. The van der Waals surface area contributed by atoms with Crippen LogP contribution in [0.25, 0.3) is 6.08 Å². The van der Waals surface area contributed by atoms with Gasteiger partial charge in [-0.05, 0) is 67.3 Å². The number of aliphatic hydroxyl groups is 2. The van der Waals surface area contributed by atoms with Gasteiger partial charge in [-0.2, -0.15) is 0 Å². The van der Waals surface area contributed by atoms with Gasteiger partial charge in [-0.15, -0.1) is 11.3 Å². The van der Waals surface area contributed by atoms with Crippen molar-refractivity contribution in [1.82, 2.24) is 4.90 Å². The first kappa shape index (κ1) is 25.4. The first-order valence-corrected chi connectivity index (χ1v) is 13.1. The first-order valence-electron chi connectivity index (χ1n) is 12.2. The molecule has 6 nitrogen and oxygen atoms in total. The molecule has 2 amide bonds. The number of rotatable bonds is 9. The van der Waals surface area contributed by atoms with Crippen LogP contribution in [0.4, 0.5) is 0 Å². The SMILES string of the molecule is CC/C(=C\c1cccc(O)c1)CC[C@@H](O)C1=C(C)C[C@H]2C(=O)N(Cc3cccs3)C(=O)[C@H]2[C@H]1CO. The Kier molecular flexibility index (Phi) is 7.89. The number of thiophene rings is 1. The third-order valence-electron chi connectivity index (χ3n) is 7.30. The number of hydrogen-bond donors (Lipinski definition) is 3. The van der Waals surface area contributed by atoms with Crippen LogP contribution in [0.1, 0.15) is 50.0 Å². The Balaban J connectivity index is 1.50. The van der Waals surface area contributed by atoms with Crippen molar-refractivity contribution >= 4 is 29.2 Å². The van der Waals surface area contributed by atoms with Gasteiger partial charge in [0, 0.05) is 10.8 Å². The summed E-state index contributed by atoms with van der Waals surface area (Å²) in [6.07, 6.45) is 3.56. The van der Waals surface area contributed by atoms with Crippen molar-refractivity contribution in [3.63, 3.8) is 0 Å². The predicted octanol–water partition coefficient (Wildman–Crippen LogP) is 4.52. The van der Waals surface area contributed by atoms with E-state index in [1.807, 2.05) is 36.6 Å². The van der Waals surface area contributed by atoms with E-state index in [4.69, 9.17) is 0 Å². The van der Waals surface area contributed by atoms with Gasteiger partial charge in [0.25, 0.3) is 0 Å². The molecule has 186 valence electrons. The summed E-state index contributed by atoms with van der Waals surface area (Å²) < 4.78 is 0. The summed E-state index contributed by atoms with van der Waals surface area (Å²) in [5.41, 5.74) is 3.64. The average Bonchev–Trinajstić information content (AvgIpc) is 3.43. The first-order chi connectivity index (χ1) is 16.8. The number of phenols is 1. The molecule has 3 N–H and O–H groups in total. The fourth-order valence-corrected chi connectivity index (χ4v) is 6.27. The Labute approximate surface area is 210 Å². The van der Waals surface area contributed by atoms with Gasteiger partial charge in [0.15, 0.2) is 0 Å². The number of aromatic hydroxyl groups is 1. The molecule has 0 spiro atoms. The maximum atomic E-state index is 13.3. The van der Waals surface area contributed by atoms with Crippen molar-refractivity contribution in [2.75, 3.05) is 6.61 Å². The van der Waals surface area contributed by atoms with E-state index in [0.717, 1.165) is 28.0 Å². The van der Waals surface area contributed by atoms with Crippen LogP contribution < -0.4 is 0 Å². The molecule has 2 aromatic rings. The number of carbonyl (C=O) groups excluding carboxylic acids is 2. The fraction of sp³-hybridized carbons (Fsp3) is 0.429. The molecule has 0 saturated carbocycles. The molecule has 7 heteroatoms. The highest BCUT2D eigenvalue weighted by atomic mass is 32.1. The normalized spacial score (nSPS) is 23.7. The third-order valence-corrected chi connectivity index (χ3v) is 8.16. The maximum Gasteiger partial charge on any atom is 0.234 e. The molecule has 1 aromatic carbocycles. The Hall–Kier alpha value is -2.74. The number of hydrogen-bond acceptors (Lipinski definition) is 6. The van der Waals surface area contributed by atoms with Gasteiger partial charge in [-0.1, -0.05) is 42.3 Å². The molecule has 1 aliphatic carbocycles. The number of allylic oxidation sites excluding steroid dienone is 2. The zero-order chi connectivity index (χ0) is 25.1. The summed E-state index contributed by atoms with van der Waals surface area (Å²) in [5.74, 6) is -1.89. The molecule has 1 saturated heterocycles. The lowest BCUT2D eigenvalue weighted by atomic mass is 9.68. The van der Waals surface area contributed by atoms with E-state index in [-0.39, 0.29) is 30.7 Å². The molecule has 0 unspecified atom stereocenters. The summed E-state index contributed by atoms with van der Waals surface area (Å²) in [4.78, 5) is 28.7. The smallest absolute Gasteiger partial charge is 0.234 e. The summed E-state index contributed by atoms with van der Waals surface area (Å²) in [6.45, 7) is 3.94. The fourth-order valence-electron chi connectivity index (χ4n) is 5.58. The number of phenolic OH excluding ortho intramolecular Hbond substituents is 1. The number of carbonyl (C=O) groups is 2. The van der Waals surface area contributed by atoms with Gasteiger partial charge in [-0.25, -0.2) is 0 Å². The second-order valence-electron chi connectivity index (χ2n) is 9.51. The van der Waals surface area contributed by atoms with Crippen molar-refractivity contribution in [1.29, 1.82) is 0 Å². The number of amides is 2. The van der Waals surface area contributed by atoms with Gasteiger partial charge in [-0.3, -0.25) is 14.5 Å². The van der Waals surface area contributed by atoms with Crippen LogP contribution in [-0.2, 0) is 16.1 Å². The van der Waals surface area contributed by atoms with Crippen LogP contribution in [0, 0.1) is 17.8 Å². The van der Waals surface area contributed by atoms with Gasteiger partial charge in [0.05, 0.1) is 31.1 Å². The second-order valence-corrected chi connectivity index (χ2v) is 10.5. The maximum absolute atomic E-state index is 13.3. The van der Waals surface area contributed by atoms with Gasteiger partial charge in [0.1, 0.15) is 5.75 Å². The van der Waals surface area contributed by atoms with Crippen LogP contribution in [0.5, 0.6) is 5.75 Å². The minimum absolute atomic E-state index is 0.179. The summed E-state index contributed by atoms with van der Waals surface area (Å²) in [7, 11) is 0. The minimum atomic E-state index is -0.804. The Morgan fingerprint density at radius 2 is 2.03 bits per heavy atom. The molecular weight excluding hydrogens is 462 g/mol. The lowest BCUT2D eigenvalue weighted by Crippen LogP contribution is -2.38. The quantitative estimate of drug-likeness (QED) is 0.351. The Morgan fingerprint density at radius 3 is 2.69 bits per heavy atom. The van der Waals surface area contributed by atoms with E-state index in [9.17, 15) is 24.9 Å². The number of nitrogens with zero attached hydrogens (tertiary/aromatic N) is 1. The largest absolute Gasteiger partial charge is 0.508 e. The molecule has 4 atom stereocenters. The molecule has 35 heavy (non-hydrogen) atoms. The number of imide groups is 1. The van der Waals surface area contributed by atoms with E-state index >= 15 is 0 Å². The molecule has 2 heterocycles. The molecule has 1 aromatic heterocycles. The van der Waals surface area contributed by atoms with E-state index in [2.05, 4.69) is 6.92 Å². The van der Waals surface area contributed by atoms with Gasteiger partial charge < -0.3 is 15.3 Å². The molecule has 0 bridgehead atoms. The van der Waals surface area contributed by atoms with E-state index in [0.29, 0.717) is 24.8 Å². The van der Waals surface area contributed by atoms with E-state index in [1.54, 1.807) is 18.2 Å². The molecule has 1 aliphatic heterocycles. The Morgan fingerprint density at radius 1 is 1.23 bits per heavy atom. The molecule has 4 rings (SSSR count). The van der Waals surface area contributed by atoms with E-state index < -0.39 is 23.9 Å².